The minimum absolute atomic E-state index is 0.130. The van der Waals surface area contributed by atoms with Gasteiger partial charge in [0, 0.05) is 39.1 Å². The van der Waals surface area contributed by atoms with Gasteiger partial charge in [-0.25, -0.2) is 0 Å². The van der Waals surface area contributed by atoms with E-state index in [-0.39, 0.29) is 55.7 Å². The maximum Gasteiger partial charge on any atom is 0.417 e. The molecule has 3 rings (SSSR count). The number of hydrogen-bond donors (Lipinski definition) is 1. The van der Waals surface area contributed by atoms with Crippen LogP contribution >= 0.6 is 0 Å². The molecule has 2 heterocycles. The Hall–Kier alpha value is -3.30. The van der Waals surface area contributed by atoms with Gasteiger partial charge in [-0.3, -0.25) is 14.4 Å². The molecule has 0 aliphatic carbocycles. The molecule has 31 heavy (non-hydrogen) atoms. The molecule has 1 fully saturated rings. The van der Waals surface area contributed by atoms with Crippen LogP contribution in [0.15, 0.2) is 47.1 Å². The molecule has 0 unspecified atom stereocenters. The van der Waals surface area contributed by atoms with Gasteiger partial charge in [0.25, 0.3) is 11.8 Å². The predicted molar refractivity (Wildman–Crippen MR) is 104 cm³/mol. The van der Waals surface area contributed by atoms with E-state index in [2.05, 4.69) is 5.32 Å². The molecule has 0 radical (unpaired) electrons. The van der Waals surface area contributed by atoms with Gasteiger partial charge < -0.3 is 19.5 Å². The van der Waals surface area contributed by atoms with Crippen molar-refractivity contribution >= 4 is 17.7 Å². The normalized spacial score (nSPS) is 14.4. The average Bonchev–Trinajstić information content (AvgIpc) is 3.30. The Morgan fingerprint density at radius 1 is 0.968 bits per heavy atom. The van der Waals surface area contributed by atoms with Crippen LogP contribution in [0.1, 0.15) is 39.3 Å². The zero-order chi connectivity index (χ0) is 22.4. The van der Waals surface area contributed by atoms with Crippen LogP contribution in [0.4, 0.5) is 13.2 Å². The van der Waals surface area contributed by atoms with Crippen molar-refractivity contribution in [3.8, 4) is 0 Å². The second kappa shape index (κ2) is 9.67. The summed E-state index contributed by atoms with van der Waals surface area (Å²) in [5.41, 5.74) is -1.35. The molecule has 0 bridgehead atoms. The Morgan fingerprint density at radius 3 is 2.29 bits per heavy atom. The van der Waals surface area contributed by atoms with E-state index < -0.39 is 17.6 Å². The molecule has 0 saturated carbocycles. The number of piperazine rings is 1. The highest BCUT2D eigenvalue weighted by Gasteiger charge is 2.36. The van der Waals surface area contributed by atoms with Gasteiger partial charge in [-0.15, -0.1) is 0 Å². The number of nitrogens with one attached hydrogen (secondary N) is 1. The van der Waals surface area contributed by atoms with Crippen molar-refractivity contribution in [3.05, 3.63) is 59.5 Å². The Labute approximate surface area is 176 Å². The van der Waals surface area contributed by atoms with Crippen molar-refractivity contribution in [2.24, 2.45) is 0 Å². The van der Waals surface area contributed by atoms with Crippen molar-refractivity contribution in [3.63, 3.8) is 0 Å². The van der Waals surface area contributed by atoms with E-state index in [4.69, 9.17) is 4.42 Å². The third-order valence-corrected chi connectivity index (χ3v) is 4.98. The van der Waals surface area contributed by atoms with Crippen molar-refractivity contribution in [2.45, 2.75) is 19.0 Å². The summed E-state index contributed by atoms with van der Waals surface area (Å²) in [7, 11) is 0. The van der Waals surface area contributed by atoms with Crippen molar-refractivity contribution in [1.82, 2.24) is 15.1 Å². The van der Waals surface area contributed by atoms with E-state index in [9.17, 15) is 27.6 Å². The molecule has 0 spiro atoms. The summed E-state index contributed by atoms with van der Waals surface area (Å²) in [6.45, 7) is 1.12. The fourth-order valence-electron chi connectivity index (χ4n) is 3.34. The van der Waals surface area contributed by atoms with E-state index in [1.165, 1.54) is 35.4 Å². The molecule has 7 nitrogen and oxygen atoms in total. The number of furan rings is 1. The molecule has 1 aliphatic heterocycles. The van der Waals surface area contributed by atoms with E-state index in [1.807, 2.05) is 0 Å². The summed E-state index contributed by atoms with van der Waals surface area (Å²) in [5.74, 6) is -0.987. The lowest BCUT2D eigenvalue weighted by molar-refractivity contribution is -0.138. The molecule has 2 aromatic rings. The zero-order valence-corrected chi connectivity index (χ0v) is 16.7. The van der Waals surface area contributed by atoms with Crippen LogP contribution < -0.4 is 5.32 Å². The van der Waals surface area contributed by atoms with Crippen LogP contribution in [-0.4, -0.2) is 60.2 Å². The second-order valence-corrected chi connectivity index (χ2v) is 7.05. The Morgan fingerprint density at radius 2 is 1.65 bits per heavy atom. The van der Waals surface area contributed by atoms with Crippen molar-refractivity contribution in [2.75, 3.05) is 32.7 Å². The molecule has 1 N–H and O–H groups in total. The maximum atomic E-state index is 13.2. The Kier molecular flexibility index (Phi) is 6.98. The van der Waals surface area contributed by atoms with Crippen molar-refractivity contribution in [1.29, 1.82) is 0 Å². The van der Waals surface area contributed by atoms with Crippen LogP contribution in [0.5, 0.6) is 0 Å². The number of halogens is 3. The second-order valence-electron chi connectivity index (χ2n) is 7.05. The Bertz CT molecular complexity index is 920. The SMILES string of the molecule is O=C(NCCCC(=O)N1CCN(C(=O)c2ccccc2C(F)(F)F)CC1)c1ccco1. The van der Waals surface area contributed by atoms with Crippen molar-refractivity contribution < 1.29 is 32.0 Å². The summed E-state index contributed by atoms with van der Waals surface area (Å²) in [4.78, 5) is 39.6. The van der Waals surface area contributed by atoms with E-state index in [0.29, 0.717) is 13.0 Å². The van der Waals surface area contributed by atoms with Crippen LogP contribution in [0, 0.1) is 0 Å². The van der Waals surface area contributed by atoms with Gasteiger partial charge in [-0.05, 0) is 30.7 Å². The molecule has 1 aromatic carbocycles. The first-order chi connectivity index (χ1) is 14.8. The highest BCUT2D eigenvalue weighted by molar-refractivity contribution is 5.96. The predicted octanol–water partition coefficient (Wildman–Crippen LogP) is 2.79. The summed E-state index contributed by atoms with van der Waals surface area (Å²) < 4.78 is 44.5. The molecule has 166 valence electrons. The number of carbonyl (C=O) groups excluding carboxylic acids is 3. The topological polar surface area (TPSA) is 82.9 Å². The first kappa shape index (κ1) is 22.4. The third kappa shape index (κ3) is 5.65. The fraction of sp³-hybridized carbons (Fsp3) is 0.381. The number of benzene rings is 1. The van der Waals surface area contributed by atoms with Gasteiger partial charge in [0.2, 0.25) is 5.91 Å². The molecule has 1 aromatic heterocycles. The van der Waals surface area contributed by atoms with Gasteiger partial charge in [-0.2, -0.15) is 13.2 Å². The molecular formula is C21H22F3N3O4. The quantitative estimate of drug-likeness (QED) is 0.705. The third-order valence-electron chi connectivity index (χ3n) is 4.98. The number of nitrogens with zero attached hydrogens (tertiary/aromatic N) is 2. The number of rotatable bonds is 6. The minimum Gasteiger partial charge on any atom is -0.459 e. The molecule has 0 atom stereocenters. The van der Waals surface area contributed by atoms with Crippen LogP contribution in [-0.2, 0) is 11.0 Å². The highest BCUT2D eigenvalue weighted by atomic mass is 19.4. The van der Waals surface area contributed by atoms with Gasteiger partial charge in [0.15, 0.2) is 5.76 Å². The molecular weight excluding hydrogens is 415 g/mol. The number of alkyl halides is 3. The molecule has 1 saturated heterocycles. The zero-order valence-electron chi connectivity index (χ0n) is 16.7. The first-order valence-electron chi connectivity index (χ1n) is 9.82. The first-order valence-corrected chi connectivity index (χ1v) is 9.82. The largest absolute Gasteiger partial charge is 0.459 e. The summed E-state index contributed by atoms with van der Waals surface area (Å²) in [6, 6.07) is 7.83. The number of carbonyl (C=O) groups is 3. The number of amides is 3. The lowest BCUT2D eigenvalue weighted by Crippen LogP contribution is -2.50. The summed E-state index contributed by atoms with van der Waals surface area (Å²) in [5, 5.41) is 2.65. The maximum absolute atomic E-state index is 13.2. The standard InChI is InChI=1S/C21H22F3N3O4/c22-21(23,24)16-6-2-1-5-15(16)20(30)27-12-10-26(11-13-27)18(28)8-3-9-25-19(29)17-7-4-14-31-17/h1-2,4-7,14H,3,8-13H2,(H,25,29). The van der Waals surface area contributed by atoms with E-state index >= 15 is 0 Å². The van der Waals surface area contributed by atoms with E-state index in [0.717, 1.165) is 6.07 Å². The molecule has 10 heteroatoms. The smallest absolute Gasteiger partial charge is 0.417 e. The lowest BCUT2D eigenvalue weighted by atomic mass is 10.1. The fourth-order valence-corrected chi connectivity index (χ4v) is 3.34. The van der Waals surface area contributed by atoms with Gasteiger partial charge >= 0.3 is 6.18 Å². The van der Waals surface area contributed by atoms with Gasteiger partial charge in [0.05, 0.1) is 17.4 Å². The monoisotopic (exact) mass is 437 g/mol. The lowest BCUT2D eigenvalue weighted by Gasteiger charge is -2.35. The van der Waals surface area contributed by atoms with E-state index in [1.54, 1.807) is 11.0 Å². The van der Waals surface area contributed by atoms with Crippen LogP contribution in [0.3, 0.4) is 0 Å². The van der Waals surface area contributed by atoms with Crippen LogP contribution in [0.25, 0.3) is 0 Å². The van der Waals surface area contributed by atoms with Gasteiger partial charge in [0.1, 0.15) is 0 Å². The summed E-state index contributed by atoms with van der Waals surface area (Å²) >= 11 is 0. The Balaban J connectivity index is 1.44. The van der Waals surface area contributed by atoms with Gasteiger partial charge in [-0.1, -0.05) is 12.1 Å². The molecule has 1 aliphatic rings. The highest BCUT2D eigenvalue weighted by Crippen LogP contribution is 2.32. The average molecular weight is 437 g/mol. The summed E-state index contributed by atoms with van der Waals surface area (Å²) in [6.07, 6.45) is -2.58. The molecule has 3 amide bonds. The minimum atomic E-state index is -4.61. The van der Waals surface area contributed by atoms with Crippen LogP contribution in [0.2, 0.25) is 0 Å². The number of hydrogen-bond acceptors (Lipinski definition) is 4.